The molecule has 4 heteroatoms. The normalized spacial score (nSPS) is 9.80. The lowest BCUT2D eigenvalue weighted by molar-refractivity contribution is 0.0525. The van der Waals surface area contributed by atoms with Crippen molar-refractivity contribution in [3.05, 3.63) is 23.3 Å². The number of esters is 1. The van der Waals surface area contributed by atoms with Crippen molar-refractivity contribution in [3.63, 3.8) is 0 Å². The summed E-state index contributed by atoms with van der Waals surface area (Å²) in [6.07, 6.45) is 0. The minimum absolute atomic E-state index is 0.352. The highest BCUT2D eigenvalue weighted by atomic mass is 16.5. The van der Waals surface area contributed by atoms with Crippen LogP contribution in [0.1, 0.15) is 22.8 Å². The van der Waals surface area contributed by atoms with Crippen LogP contribution >= 0.6 is 0 Å². The van der Waals surface area contributed by atoms with E-state index in [2.05, 4.69) is 0 Å². The monoisotopic (exact) mass is 209 g/mol. The molecule has 0 spiro atoms. The Morgan fingerprint density at radius 1 is 1.47 bits per heavy atom. The van der Waals surface area contributed by atoms with E-state index < -0.39 is 0 Å². The van der Waals surface area contributed by atoms with Gasteiger partial charge in [0.05, 0.1) is 25.0 Å². The Kier molecular flexibility index (Phi) is 3.55. The molecule has 0 heterocycles. The molecule has 2 N–H and O–H groups in total. The molecule has 15 heavy (non-hydrogen) atoms. The summed E-state index contributed by atoms with van der Waals surface area (Å²) in [5.41, 5.74) is 7.41. The number of hydrogen-bond donors (Lipinski definition) is 1. The van der Waals surface area contributed by atoms with Crippen LogP contribution in [-0.4, -0.2) is 19.7 Å². The van der Waals surface area contributed by atoms with Crippen LogP contribution in [0.3, 0.4) is 0 Å². The zero-order valence-electron chi connectivity index (χ0n) is 9.16. The number of ether oxygens (including phenoxy) is 2. The predicted molar refractivity (Wildman–Crippen MR) is 58.1 cm³/mol. The van der Waals surface area contributed by atoms with Crippen LogP contribution in [0.5, 0.6) is 5.75 Å². The fraction of sp³-hybridized carbons (Fsp3) is 0.364. The molecule has 1 aromatic rings. The average molecular weight is 209 g/mol. The third-order valence-corrected chi connectivity index (χ3v) is 2.14. The third-order valence-electron chi connectivity index (χ3n) is 2.14. The van der Waals surface area contributed by atoms with Crippen LogP contribution in [0.2, 0.25) is 0 Å². The van der Waals surface area contributed by atoms with Crippen molar-refractivity contribution in [1.29, 1.82) is 0 Å². The predicted octanol–water partition coefficient (Wildman–Crippen LogP) is 1.76. The van der Waals surface area contributed by atoms with E-state index in [9.17, 15) is 4.79 Å². The number of rotatable bonds is 3. The van der Waals surface area contributed by atoms with Gasteiger partial charge in [0.15, 0.2) is 0 Å². The number of carbonyl (C=O) groups is 1. The maximum atomic E-state index is 11.5. The number of anilines is 1. The van der Waals surface area contributed by atoms with Gasteiger partial charge in [0.2, 0.25) is 0 Å². The van der Waals surface area contributed by atoms with Gasteiger partial charge in [-0.15, -0.1) is 0 Å². The molecule has 0 atom stereocenters. The molecule has 0 unspecified atom stereocenters. The summed E-state index contributed by atoms with van der Waals surface area (Å²) in [5, 5.41) is 0. The number of carbonyl (C=O) groups excluding carboxylic acids is 1. The number of nitrogen functional groups attached to an aromatic ring is 1. The van der Waals surface area contributed by atoms with E-state index in [0.717, 1.165) is 0 Å². The van der Waals surface area contributed by atoms with Gasteiger partial charge < -0.3 is 15.2 Å². The lowest BCUT2D eigenvalue weighted by Crippen LogP contribution is -2.08. The highest BCUT2D eigenvalue weighted by Crippen LogP contribution is 2.28. The first-order valence-electron chi connectivity index (χ1n) is 4.72. The van der Waals surface area contributed by atoms with Crippen molar-refractivity contribution >= 4 is 11.7 Å². The standard InChI is InChI=1S/C11H15NO3/c1-4-15-11(13)8-5-6-9(12)10(14-3)7(8)2/h5-6H,4,12H2,1-3H3. The van der Waals surface area contributed by atoms with E-state index in [0.29, 0.717) is 29.2 Å². The van der Waals surface area contributed by atoms with Crippen molar-refractivity contribution in [3.8, 4) is 5.75 Å². The van der Waals surface area contributed by atoms with Gasteiger partial charge in [-0.25, -0.2) is 4.79 Å². The summed E-state index contributed by atoms with van der Waals surface area (Å²) >= 11 is 0. The summed E-state index contributed by atoms with van der Waals surface area (Å²) in [6.45, 7) is 3.90. The molecule has 0 fully saturated rings. The maximum Gasteiger partial charge on any atom is 0.338 e. The van der Waals surface area contributed by atoms with Gasteiger partial charge in [0.25, 0.3) is 0 Å². The van der Waals surface area contributed by atoms with Crippen LogP contribution in [0.25, 0.3) is 0 Å². The Hall–Kier alpha value is -1.71. The lowest BCUT2D eigenvalue weighted by atomic mass is 10.1. The molecule has 1 aromatic carbocycles. The average Bonchev–Trinajstić information content (AvgIpc) is 2.18. The zero-order chi connectivity index (χ0) is 11.4. The number of benzene rings is 1. The van der Waals surface area contributed by atoms with Gasteiger partial charge in [0.1, 0.15) is 5.75 Å². The first-order chi connectivity index (χ1) is 7.11. The molecular formula is C11H15NO3. The van der Waals surface area contributed by atoms with E-state index in [1.807, 2.05) is 0 Å². The second-order valence-electron chi connectivity index (χ2n) is 3.08. The van der Waals surface area contributed by atoms with E-state index in [1.54, 1.807) is 26.0 Å². The molecule has 4 nitrogen and oxygen atoms in total. The minimum atomic E-state index is -0.353. The van der Waals surface area contributed by atoms with Gasteiger partial charge in [-0.05, 0) is 26.0 Å². The van der Waals surface area contributed by atoms with Crippen LogP contribution in [0.4, 0.5) is 5.69 Å². The van der Waals surface area contributed by atoms with Crippen molar-refractivity contribution < 1.29 is 14.3 Å². The van der Waals surface area contributed by atoms with E-state index in [1.165, 1.54) is 7.11 Å². The highest BCUT2D eigenvalue weighted by Gasteiger charge is 2.15. The van der Waals surface area contributed by atoms with Gasteiger partial charge in [-0.3, -0.25) is 0 Å². The minimum Gasteiger partial charge on any atom is -0.494 e. The van der Waals surface area contributed by atoms with E-state index >= 15 is 0 Å². The molecule has 82 valence electrons. The van der Waals surface area contributed by atoms with Crippen molar-refractivity contribution in [1.82, 2.24) is 0 Å². The molecule has 0 amide bonds. The van der Waals surface area contributed by atoms with Crippen molar-refractivity contribution in [2.24, 2.45) is 0 Å². The first kappa shape index (κ1) is 11.4. The van der Waals surface area contributed by atoms with Crippen LogP contribution in [0.15, 0.2) is 12.1 Å². The van der Waals surface area contributed by atoms with E-state index in [-0.39, 0.29) is 5.97 Å². The summed E-state index contributed by atoms with van der Waals surface area (Å²) in [4.78, 5) is 11.5. The Morgan fingerprint density at radius 3 is 2.67 bits per heavy atom. The molecule has 0 aliphatic rings. The molecule has 0 bridgehead atoms. The van der Waals surface area contributed by atoms with Crippen LogP contribution in [-0.2, 0) is 4.74 Å². The molecule has 0 aliphatic carbocycles. The highest BCUT2D eigenvalue weighted by molar-refractivity contribution is 5.92. The Morgan fingerprint density at radius 2 is 2.13 bits per heavy atom. The molecule has 0 radical (unpaired) electrons. The van der Waals surface area contributed by atoms with Crippen molar-refractivity contribution in [2.75, 3.05) is 19.5 Å². The van der Waals surface area contributed by atoms with Gasteiger partial charge in [-0.1, -0.05) is 0 Å². The summed E-state index contributed by atoms with van der Waals surface area (Å²) < 4.78 is 10.0. The maximum absolute atomic E-state index is 11.5. The molecule has 0 aromatic heterocycles. The topological polar surface area (TPSA) is 61.5 Å². The molecule has 1 rings (SSSR count). The number of hydrogen-bond acceptors (Lipinski definition) is 4. The van der Waals surface area contributed by atoms with Crippen LogP contribution < -0.4 is 10.5 Å². The van der Waals surface area contributed by atoms with Gasteiger partial charge in [-0.2, -0.15) is 0 Å². The van der Waals surface area contributed by atoms with Gasteiger partial charge in [0, 0.05) is 5.56 Å². The molecule has 0 saturated carbocycles. The Bertz CT molecular complexity index is 374. The van der Waals surface area contributed by atoms with Crippen LogP contribution in [0, 0.1) is 6.92 Å². The van der Waals surface area contributed by atoms with Gasteiger partial charge >= 0.3 is 5.97 Å². The fourth-order valence-electron chi connectivity index (χ4n) is 1.41. The summed E-state index contributed by atoms with van der Waals surface area (Å²) in [6, 6.07) is 3.28. The second-order valence-corrected chi connectivity index (χ2v) is 3.08. The third kappa shape index (κ3) is 2.21. The van der Waals surface area contributed by atoms with Crippen molar-refractivity contribution in [2.45, 2.75) is 13.8 Å². The number of methoxy groups -OCH3 is 1. The second kappa shape index (κ2) is 4.68. The van der Waals surface area contributed by atoms with E-state index in [4.69, 9.17) is 15.2 Å². The molecule has 0 saturated heterocycles. The molecule has 0 aliphatic heterocycles. The quantitative estimate of drug-likeness (QED) is 0.608. The smallest absolute Gasteiger partial charge is 0.338 e. The first-order valence-corrected chi connectivity index (χ1v) is 4.72. The lowest BCUT2D eigenvalue weighted by Gasteiger charge is -2.11. The largest absolute Gasteiger partial charge is 0.494 e. The fourth-order valence-corrected chi connectivity index (χ4v) is 1.41. The summed E-state index contributed by atoms with van der Waals surface area (Å²) in [7, 11) is 1.52. The number of nitrogens with two attached hydrogens (primary N) is 1. The summed E-state index contributed by atoms with van der Waals surface area (Å²) in [5.74, 6) is 0.175. The Balaban J connectivity index is 3.15. The molecular weight excluding hydrogens is 194 g/mol. The zero-order valence-corrected chi connectivity index (χ0v) is 9.16. The Labute approximate surface area is 89.0 Å². The SMILES string of the molecule is CCOC(=O)c1ccc(N)c(OC)c1C.